The maximum Gasteiger partial charge on any atom is 0.0992 e. The minimum absolute atomic E-state index is 0.585. The van der Waals surface area contributed by atoms with Crippen molar-refractivity contribution in [2.75, 3.05) is 9.80 Å². The molecule has 0 aliphatic heterocycles. The average molecular weight is 947 g/mol. The monoisotopic (exact) mass is 946 g/mol. The molecule has 0 heterocycles. The van der Waals surface area contributed by atoms with E-state index in [9.17, 15) is 10.5 Å². The fourth-order valence-electron chi connectivity index (χ4n) is 11.1. The highest BCUT2D eigenvalue weighted by atomic mass is 15.2. The van der Waals surface area contributed by atoms with E-state index in [4.69, 9.17) is 0 Å². The summed E-state index contributed by atoms with van der Waals surface area (Å²) < 4.78 is 0. The van der Waals surface area contributed by atoms with Gasteiger partial charge in [0.15, 0.2) is 0 Å². The Morgan fingerprint density at radius 1 is 0.297 bits per heavy atom. The molecule has 0 saturated carbocycles. The van der Waals surface area contributed by atoms with Gasteiger partial charge in [-0.15, -0.1) is 0 Å². The zero-order valence-electron chi connectivity index (χ0n) is 41.7. The van der Waals surface area contributed by atoms with Gasteiger partial charge in [-0.2, -0.15) is 10.5 Å². The second-order valence-electron chi connectivity index (χ2n) is 19.4. The van der Waals surface area contributed by atoms with Crippen LogP contribution in [-0.2, 0) is 0 Å². The van der Waals surface area contributed by atoms with Crippen LogP contribution >= 0.6 is 0 Å². The molecular formula is C70H50N4. The van der Waals surface area contributed by atoms with Gasteiger partial charge in [-0.3, -0.25) is 0 Å². The normalized spacial score (nSPS) is 11.2. The van der Waals surface area contributed by atoms with Gasteiger partial charge in [0.1, 0.15) is 0 Å². The number of benzene rings is 12. The molecule has 0 aliphatic carbocycles. The quantitative estimate of drug-likeness (QED) is 0.128. The molecule has 350 valence electrons. The molecule has 0 spiro atoms. The third-order valence-corrected chi connectivity index (χ3v) is 14.7. The van der Waals surface area contributed by atoms with Gasteiger partial charge in [-0.05, 0) is 201 Å². The van der Waals surface area contributed by atoms with Crippen LogP contribution in [0.2, 0.25) is 0 Å². The van der Waals surface area contributed by atoms with Crippen molar-refractivity contribution in [1.82, 2.24) is 0 Å². The largest absolute Gasteiger partial charge is 0.310 e. The molecule has 12 rings (SSSR count). The Balaban J connectivity index is 1.13. The lowest BCUT2D eigenvalue weighted by molar-refractivity contribution is 1.29. The van der Waals surface area contributed by atoms with Crippen LogP contribution in [0.4, 0.5) is 34.1 Å². The summed E-state index contributed by atoms with van der Waals surface area (Å²) in [7, 11) is 0. The standard InChI is InChI=1S/C70H50N4/c1-45-15-5-9-23-61(45)53-37-54(62-24-10-6-16-46(62)2)40-59(39-53)73(57-21-13-19-49(35-57)43-71)67-33-29-51-28-32-66-68(34-30-52-27-31-65(67)69(51)70(52)66)74(58-22-14-20-50(36-58)44-72)60-41-55(63-25-11-7-17-47(63)3)38-56(42-60)64-26-12-8-18-48(64)4/h5-42H,1-4H3. The number of hydrogen-bond donors (Lipinski definition) is 0. The Morgan fingerprint density at radius 3 is 0.946 bits per heavy atom. The van der Waals surface area contributed by atoms with Gasteiger partial charge in [0.25, 0.3) is 0 Å². The highest BCUT2D eigenvalue weighted by Gasteiger charge is 2.24. The number of rotatable bonds is 10. The summed E-state index contributed by atoms with van der Waals surface area (Å²) in [6.45, 7) is 8.68. The van der Waals surface area contributed by atoms with Crippen molar-refractivity contribution >= 4 is 66.4 Å². The minimum atomic E-state index is 0.585. The predicted molar refractivity (Wildman–Crippen MR) is 310 cm³/mol. The first kappa shape index (κ1) is 45.4. The number of anilines is 6. The fraction of sp³-hybridized carbons (Fsp3) is 0.0571. The third kappa shape index (κ3) is 8.06. The molecule has 12 aromatic carbocycles. The molecule has 0 aliphatic rings. The molecular weight excluding hydrogens is 897 g/mol. The van der Waals surface area contributed by atoms with Crippen molar-refractivity contribution in [3.63, 3.8) is 0 Å². The van der Waals surface area contributed by atoms with Gasteiger partial charge in [0.2, 0.25) is 0 Å². The number of nitrogens with zero attached hydrogens (tertiary/aromatic N) is 4. The van der Waals surface area contributed by atoms with Gasteiger partial charge in [-0.25, -0.2) is 0 Å². The Hall–Kier alpha value is -9.74. The van der Waals surface area contributed by atoms with E-state index < -0.39 is 0 Å². The van der Waals surface area contributed by atoms with E-state index in [2.05, 4.69) is 244 Å². The summed E-state index contributed by atoms with van der Waals surface area (Å²) >= 11 is 0. The van der Waals surface area contributed by atoms with Crippen LogP contribution in [0, 0.1) is 50.4 Å². The first-order valence-electron chi connectivity index (χ1n) is 25.1. The van der Waals surface area contributed by atoms with Crippen molar-refractivity contribution in [1.29, 1.82) is 10.5 Å². The van der Waals surface area contributed by atoms with E-state index in [-0.39, 0.29) is 0 Å². The van der Waals surface area contributed by atoms with Crippen LogP contribution in [0.25, 0.3) is 76.8 Å². The number of hydrogen-bond acceptors (Lipinski definition) is 4. The Bertz CT molecular complexity index is 3840. The first-order valence-corrected chi connectivity index (χ1v) is 25.1. The smallest absolute Gasteiger partial charge is 0.0992 e. The number of nitriles is 2. The molecule has 0 fully saturated rings. The molecule has 0 N–H and O–H groups in total. The molecule has 0 aromatic heterocycles. The maximum absolute atomic E-state index is 10.3. The lowest BCUT2D eigenvalue weighted by Crippen LogP contribution is -2.12. The van der Waals surface area contributed by atoms with Crippen molar-refractivity contribution < 1.29 is 0 Å². The molecule has 4 heteroatoms. The summed E-state index contributed by atoms with van der Waals surface area (Å²) in [6, 6.07) is 86.8. The average Bonchev–Trinajstić information content (AvgIpc) is 3.44. The van der Waals surface area contributed by atoms with Crippen molar-refractivity contribution in [2.24, 2.45) is 0 Å². The molecule has 0 unspecified atom stereocenters. The van der Waals surface area contributed by atoms with E-state index in [1.54, 1.807) is 0 Å². The van der Waals surface area contributed by atoms with E-state index in [0.29, 0.717) is 11.1 Å². The molecule has 0 amide bonds. The summed E-state index contributed by atoms with van der Waals surface area (Å²) in [5.41, 5.74) is 20.8. The van der Waals surface area contributed by atoms with Crippen LogP contribution in [0.15, 0.2) is 231 Å². The van der Waals surface area contributed by atoms with E-state index in [0.717, 1.165) is 111 Å². The lowest BCUT2D eigenvalue weighted by atomic mass is 9.90. The van der Waals surface area contributed by atoms with Crippen molar-refractivity contribution in [2.45, 2.75) is 27.7 Å². The van der Waals surface area contributed by atoms with Gasteiger partial charge in [-0.1, -0.05) is 146 Å². The van der Waals surface area contributed by atoms with Crippen LogP contribution in [-0.4, -0.2) is 0 Å². The van der Waals surface area contributed by atoms with E-state index in [1.807, 2.05) is 36.4 Å². The second kappa shape index (κ2) is 18.8. The Morgan fingerprint density at radius 2 is 0.622 bits per heavy atom. The maximum atomic E-state index is 10.3. The van der Waals surface area contributed by atoms with Crippen molar-refractivity contribution in [3.05, 3.63) is 264 Å². The molecule has 0 radical (unpaired) electrons. The number of aryl methyl sites for hydroxylation is 4. The second-order valence-corrected chi connectivity index (χ2v) is 19.4. The minimum Gasteiger partial charge on any atom is -0.310 e. The lowest BCUT2D eigenvalue weighted by Gasteiger charge is -2.30. The van der Waals surface area contributed by atoms with Crippen LogP contribution in [0.3, 0.4) is 0 Å². The first-order chi connectivity index (χ1) is 36.2. The summed E-state index contributed by atoms with van der Waals surface area (Å²) in [5.74, 6) is 0. The molecule has 4 nitrogen and oxygen atoms in total. The van der Waals surface area contributed by atoms with E-state index in [1.165, 1.54) is 22.3 Å². The zero-order valence-corrected chi connectivity index (χ0v) is 41.7. The van der Waals surface area contributed by atoms with Gasteiger partial charge in [0.05, 0.1) is 34.6 Å². The molecule has 0 saturated heterocycles. The van der Waals surface area contributed by atoms with Gasteiger partial charge in [0, 0.05) is 33.5 Å². The fourth-order valence-corrected chi connectivity index (χ4v) is 11.1. The Labute approximate surface area is 432 Å². The van der Waals surface area contributed by atoms with Gasteiger partial charge < -0.3 is 9.80 Å². The summed E-state index contributed by atoms with van der Waals surface area (Å²) in [5, 5.41) is 27.4. The molecule has 0 bridgehead atoms. The van der Waals surface area contributed by atoms with E-state index >= 15 is 0 Å². The summed E-state index contributed by atoms with van der Waals surface area (Å²) in [6.07, 6.45) is 0. The highest BCUT2D eigenvalue weighted by molar-refractivity contribution is 6.28. The topological polar surface area (TPSA) is 54.1 Å². The predicted octanol–water partition coefficient (Wildman–Crippen LogP) is 19.2. The van der Waals surface area contributed by atoms with Crippen molar-refractivity contribution in [3.8, 4) is 56.6 Å². The molecule has 12 aromatic rings. The zero-order chi connectivity index (χ0) is 50.5. The highest BCUT2D eigenvalue weighted by Crippen LogP contribution is 2.50. The SMILES string of the molecule is Cc1ccccc1-c1cc(-c2ccccc2C)cc(N(c2cccc(C#N)c2)c2ccc3ccc4c(N(c5cccc(C#N)c5)c5cc(-c6ccccc6C)cc(-c6ccccc6C)c5)ccc5ccc2c3c54)c1. The van der Waals surface area contributed by atoms with Crippen LogP contribution in [0.5, 0.6) is 0 Å². The Kier molecular flexibility index (Phi) is 11.5. The summed E-state index contributed by atoms with van der Waals surface area (Å²) in [4.78, 5) is 4.67. The molecule has 74 heavy (non-hydrogen) atoms. The van der Waals surface area contributed by atoms with Crippen LogP contribution < -0.4 is 9.80 Å². The van der Waals surface area contributed by atoms with Crippen LogP contribution in [0.1, 0.15) is 33.4 Å². The molecule has 0 atom stereocenters. The third-order valence-electron chi connectivity index (χ3n) is 14.7. The van der Waals surface area contributed by atoms with Gasteiger partial charge >= 0.3 is 0 Å².